The first-order valence-electron chi connectivity index (χ1n) is 14.9. The summed E-state index contributed by atoms with van der Waals surface area (Å²) in [5, 5.41) is 21.5. The molecule has 0 amide bonds. The predicted molar refractivity (Wildman–Crippen MR) is 187 cm³/mol. The van der Waals surface area contributed by atoms with E-state index in [-0.39, 0.29) is 34.6 Å². The van der Waals surface area contributed by atoms with Crippen molar-refractivity contribution in [2.24, 2.45) is 0 Å². The van der Waals surface area contributed by atoms with Crippen LogP contribution in [0.1, 0.15) is 36.4 Å². The minimum atomic E-state index is -4.70. The monoisotopic (exact) mass is 880 g/mol. The number of aromatic amines is 2. The van der Waals surface area contributed by atoms with E-state index in [1.165, 1.54) is 58.8 Å². The van der Waals surface area contributed by atoms with Crippen LogP contribution in [0.2, 0.25) is 0 Å². The number of hydrogen-bond donors (Lipinski definition) is 4. The molecule has 51 heavy (non-hydrogen) atoms. The van der Waals surface area contributed by atoms with Crippen molar-refractivity contribution in [3.05, 3.63) is 99.4 Å². The molecule has 0 bridgehead atoms. The fourth-order valence-corrected chi connectivity index (χ4v) is 7.59. The number of nitrogens with zero attached hydrogens (tertiary/aromatic N) is 2. The molecule has 4 N–H and O–H groups in total. The van der Waals surface area contributed by atoms with E-state index in [9.17, 15) is 42.4 Å². The first-order valence-corrected chi connectivity index (χ1v) is 20.1. The van der Waals surface area contributed by atoms with Gasteiger partial charge in [0.1, 0.15) is 30.4 Å². The quantitative estimate of drug-likeness (QED) is 0.179. The summed E-state index contributed by atoms with van der Waals surface area (Å²) in [5.41, 5.74) is -2.64. The number of phosphoric ester groups is 1. The number of nitrogens with one attached hydrogen (secondary N) is 2. The zero-order chi connectivity index (χ0) is 37.1. The maximum Gasteiger partial charge on any atom is 0.530 e. The summed E-state index contributed by atoms with van der Waals surface area (Å²) in [7, 11) is -8.27. The lowest BCUT2D eigenvalue weighted by Crippen LogP contribution is -2.33. The molecule has 22 heteroatoms. The Hall–Kier alpha value is -3.24. The molecule has 2 aliphatic rings. The van der Waals surface area contributed by atoms with Crippen molar-refractivity contribution in [2.75, 3.05) is 19.5 Å². The minimum absolute atomic E-state index is 0.0480. The van der Waals surface area contributed by atoms with Crippen LogP contribution in [0.15, 0.2) is 70.7 Å². The van der Waals surface area contributed by atoms with Crippen LogP contribution >= 0.6 is 39.7 Å². The van der Waals surface area contributed by atoms with E-state index in [2.05, 4.69) is 41.8 Å². The van der Waals surface area contributed by atoms with Gasteiger partial charge in [0.2, 0.25) is 0 Å². The average molecular weight is 882 g/mol. The Morgan fingerprint density at radius 3 is 1.67 bits per heavy atom. The summed E-state index contributed by atoms with van der Waals surface area (Å²) in [5.74, 6) is -0.124. The highest BCUT2D eigenvalue weighted by Crippen LogP contribution is 2.51. The molecule has 2 saturated heterocycles. The van der Waals surface area contributed by atoms with Crippen LogP contribution in [-0.2, 0) is 32.9 Å². The number of aliphatic hydroxyl groups excluding tert-OH is 2. The molecule has 276 valence electrons. The normalized spacial score (nSPS) is 25.1. The van der Waals surface area contributed by atoms with Crippen molar-refractivity contribution < 1.29 is 46.2 Å². The number of phosphoric acid groups is 1. The van der Waals surface area contributed by atoms with Gasteiger partial charge in [-0.3, -0.25) is 37.7 Å². The van der Waals surface area contributed by atoms with Gasteiger partial charge in [-0.2, -0.15) is 0 Å². The lowest BCUT2D eigenvalue weighted by Gasteiger charge is -2.23. The van der Waals surface area contributed by atoms with Crippen LogP contribution in [0.3, 0.4) is 0 Å². The molecule has 4 heterocycles. The smallest absolute Gasteiger partial charge is 0.404 e. The largest absolute Gasteiger partial charge is 0.530 e. The Labute approximate surface area is 305 Å². The van der Waals surface area contributed by atoms with Crippen LogP contribution in [0.4, 0.5) is 0 Å². The van der Waals surface area contributed by atoms with E-state index >= 15 is 0 Å². The van der Waals surface area contributed by atoms with E-state index in [1.807, 2.05) is 0 Å². The summed E-state index contributed by atoms with van der Waals surface area (Å²) in [6.45, 7) is -1.20. The van der Waals surface area contributed by atoms with Gasteiger partial charge in [0.05, 0.1) is 41.4 Å². The Morgan fingerprint density at radius 2 is 1.27 bits per heavy atom. The summed E-state index contributed by atoms with van der Waals surface area (Å²) >= 11 is 6.14. The van der Waals surface area contributed by atoms with Gasteiger partial charge in [0.15, 0.2) is 9.84 Å². The molecule has 0 aliphatic carbocycles. The molecule has 0 spiro atoms. The minimum Gasteiger partial charge on any atom is -0.404 e. The maximum atomic E-state index is 14.0. The Balaban J connectivity index is 1.33. The van der Waals surface area contributed by atoms with Crippen molar-refractivity contribution in [2.45, 2.75) is 54.6 Å². The number of benzene rings is 1. The number of hydrogen-bond acceptors (Lipinski definition) is 14. The van der Waals surface area contributed by atoms with Crippen LogP contribution < -0.4 is 27.0 Å². The van der Waals surface area contributed by atoms with Crippen molar-refractivity contribution >= 4 is 61.7 Å². The molecular formula is C29H31Br2N4O14PS. The van der Waals surface area contributed by atoms with Crippen molar-refractivity contribution in [1.29, 1.82) is 0 Å². The lowest BCUT2D eigenvalue weighted by atomic mass is 10.2. The van der Waals surface area contributed by atoms with Gasteiger partial charge in [0, 0.05) is 31.5 Å². The number of sulfone groups is 1. The second kappa shape index (κ2) is 16.2. The van der Waals surface area contributed by atoms with E-state index in [0.717, 1.165) is 15.4 Å². The number of aliphatic hydroxyl groups is 2. The standard InChI is InChI=1S/C29H31Br2N4O14PS/c1-51(43,44)19-4-2-18(3-5-19)49-50(42,45-14-22-20(36)10-24(47-22)34-12-16(6-8-30)26(38)32-28(34)40)46-15-23-21(37)11-25(48-23)35-13-17(7-9-31)27(39)33-29(35)41/h2-9,12-13,20-25,36-37H,10-11,14-15H2,1H3,(H,32,38,40)(H,33,39,41)/b8-6+,9-7+. The molecular weight excluding hydrogens is 851 g/mol. The fourth-order valence-electron chi connectivity index (χ4n) is 5.17. The highest BCUT2D eigenvalue weighted by molar-refractivity contribution is 9.11. The highest BCUT2D eigenvalue weighted by atomic mass is 79.9. The van der Waals surface area contributed by atoms with Gasteiger partial charge in [-0.1, -0.05) is 31.9 Å². The van der Waals surface area contributed by atoms with E-state index in [1.54, 1.807) is 0 Å². The summed E-state index contributed by atoms with van der Waals surface area (Å²) in [6.07, 6.45) is -0.866. The lowest BCUT2D eigenvalue weighted by molar-refractivity contribution is -0.0575. The SMILES string of the molecule is CS(=O)(=O)c1ccc(OP(=O)(OCC2OC(n3cc(/C=C/Br)c(=O)[nH]c3=O)CC2O)OCC2OC(n3cc(/C=C/Br)c(=O)[nH]c3=O)CC2O)cc1. The fraction of sp³-hybridized carbons (Fsp3) is 0.379. The zero-order valence-electron chi connectivity index (χ0n) is 26.4. The third-order valence-corrected chi connectivity index (χ3v) is 10.8. The maximum absolute atomic E-state index is 14.0. The van der Waals surface area contributed by atoms with Crippen molar-refractivity contribution in [3.8, 4) is 5.75 Å². The number of rotatable bonds is 13. The van der Waals surface area contributed by atoms with E-state index in [4.69, 9.17) is 23.0 Å². The summed E-state index contributed by atoms with van der Waals surface area (Å²) in [6, 6.07) is 4.85. The Bertz CT molecular complexity index is 2090. The van der Waals surface area contributed by atoms with Gasteiger partial charge < -0.3 is 24.2 Å². The molecule has 6 atom stereocenters. The van der Waals surface area contributed by atoms with Crippen molar-refractivity contribution in [1.82, 2.24) is 19.1 Å². The van der Waals surface area contributed by atoms with Crippen LogP contribution in [0.5, 0.6) is 5.75 Å². The molecule has 2 aliphatic heterocycles. The first kappa shape index (κ1) is 39.0. The van der Waals surface area contributed by atoms with E-state index in [0.29, 0.717) is 0 Å². The topological polar surface area (TPSA) is 248 Å². The molecule has 2 fully saturated rings. The second-order valence-electron chi connectivity index (χ2n) is 11.3. The molecule has 6 unspecified atom stereocenters. The second-order valence-corrected chi connectivity index (χ2v) is 16.0. The van der Waals surface area contributed by atoms with Gasteiger partial charge in [-0.05, 0) is 46.4 Å². The number of halogens is 2. The molecule has 1 aromatic carbocycles. The predicted octanol–water partition coefficient (Wildman–Crippen LogP) is 1.74. The van der Waals surface area contributed by atoms with Crippen LogP contribution in [0, 0.1) is 0 Å². The summed E-state index contributed by atoms with van der Waals surface area (Å²) in [4.78, 5) is 56.3. The molecule has 5 rings (SSSR count). The highest BCUT2D eigenvalue weighted by Gasteiger charge is 2.42. The molecule has 18 nitrogen and oxygen atoms in total. The Kier molecular flexibility index (Phi) is 12.4. The number of H-pyrrole nitrogens is 2. The third-order valence-electron chi connectivity index (χ3n) is 7.77. The number of aromatic nitrogens is 4. The zero-order valence-corrected chi connectivity index (χ0v) is 31.2. The first-order chi connectivity index (χ1) is 24.1. The van der Waals surface area contributed by atoms with Gasteiger partial charge >= 0.3 is 19.2 Å². The van der Waals surface area contributed by atoms with Gasteiger partial charge in [0.25, 0.3) is 11.1 Å². The average Bonchev–Trinajstić information content (AvgIpc) is 3.62. The van der Waals surface area contributed by atoms with Crippen LogP contribution in [0.25, 0.3) is 12.2 Å². The molecule has 0 radical (unpaired) electrons. The van der Waals surface area contributed by atoms with E-state index < -0.39 is 90.2 Å². The molecule has 0 saturated carbocycles. The van der Waals surface area contributed by atoms with Gasteiger partial charge in [-0.25, -0.2) is 22.6 Å². The third kappa shape index (κ3) is 9.41. The van der Waals surface area contributed by atoms with Gasteiger partial charge in [-0.15, -0.1) is 0 Å². The molecule has 3 aromatic rings. The van der Waals surface area contributed by atoms with Crippen molar-refractivity contribution in [3.63, 3.8) is 0 Å². The van der Waals surface area contributed by atoms with Crippen LogP contribution in [-0.4, -0.2) is 81.6 Å². The summed E-state index contributed by atoms with van der Waals surface area (Å²) < 4.78 is 68.3. The molecule has 2 aromatic heterocycles. The number of ether oxygens (including phenoxy) is 2. The Morgan fingerprint density at radius 1 is 0.843 bits per heavy atom.